The van der Waals surface area contributed by atoms with E-state index in [2.05, 4.69) is 31.4 Å². The third-order valence-electron chi connectivity index (χ3n) is 1.90. The van der Waals surface area contributed by atoms with Gasteiger partial charge in [0.2, 0.25) is 0 Å². The van der Waals surface area contributed by atoms with Crippen molar-refractivity contribution in [1.29, 1.82) is 0 Å². The Morgan fingerprint density at radius 1 is 1.25 bits per heavy atom. The van der Waals surface area contributed by atoms with Gasteiger partial charge in [-0.2, -0.15) is 0 Å². The molecule has 0 aromatic rings. The quantitative estimate of drug-likeness (QED) is 0.543. The Balaban J connectivity index is 3.64. The summed E-state index contributed by atoms with van der Waals surface area (Å²) in [6.07, 6.45) is -0.740. The molecule has 94 valence electrons. The molecule has 6 heteroatoms. The number of urea groups is 1. The Morgan fingerprint density at radius 3 is 2.25 bits per heavy atom. The van der Waals surface area contributed by atoms with Crippen molar-refractivity contribution in [3.05, 3.63) is 0 Å². The minimum absolute atomic E-state index is 0.133. The lowest BCUT2D eigenvalue weighted by molar-refractivity contribution is -0.146. The average Bonchev–Trinajstić information content (AvgIpc) is 2.11. The zero-order valence-electron chi connectivity index (χ0n) is 9.91. The molecule has 0 saturated heterocycles. The number of aliphatic hydroxyl groups excluding tert-OH is 1. The molecule has 4 N–H and O–H groups in total. The molecule has 1 atom stereocenters. The highest BCUT2D eigenvalue weighted by Crippen LogP contribution is 2.16. The zero-order valence-corrected chi connectivity index (χ0v) is 9.91. The Hall–Kier alpha value is -1.30. The van der Waals surface area contributed by atoms with Crippen LogP contribution in [0.25, 0.3) is 0 Å². The van der Waals surface area contributed by atoms with E-state index in [1.165, 1.54) is 0 Å². The number of rotatable bonds is 5. The fourth-order valence-electron chi connectivity index (χ4n) is 0.890. The van der Waals surface area contributed by atoms with Gasteiger partial charge in [-0.05, 0) is 11.8 Å². The smallest absolute Gasteiger partial charge is 0.334 e. The van der Waals surface area contributed by atoms with Crippen LogP contribution in [0, 0.1) is 5.41 Å². The molecule has 0 heterocycles. The molecule has 0 bridgehead atoms. The number of hydrogen-bond acceptors (Lipinski definition) is 3. The SMILES string of the molecule is CC(C)(C)CCNC(=O)NC[C@H](O)C(=O)O. The van der Waals surface area contributed by atoms with Crippen LogP contribution in [-0.2, 0) is 4.79 Å². The van der Waals surface area contributed by atoms with Crippen molar-refractivity contribution in [2.75, 3.05) is 13.1 Å². The van der Waals surface area contributed by atoms with Crippen LogP contribution in [0.4, 0.5) is 4.79 Å². The molecule has 0 unspecified atom stereocenters. The van der Waals surface area contributed by atoms with Crippen molar-refractivity contribution in [3.63, 3.8) is 0 Å². The van der Waals surface area contributed by atoms with Gasteiger partial charge in [0.05, 0.1) is 6.54 Å². The van der Waals surface area contributed by atoms with Crippen LogP contribution in [0.15, 0.2) is 0 Å². The van der Waals surface area contributed by atoms with Crippen molar-refractivity contribution in [1.82, 2.24) is 10.6 Å². The summed E-state index contributed by atoms with van der Waals surface area (Å²) in [6, 6.07) is -0.468. The molecule has 16 heavy (non-hydrogen) atoms. The number of aliphatic hydroxyl groups is 1. The first-order valence-electron chi connectivity index (χ1n) is 5.15. The van der Waals surface area contributed by atoms with Gasteiger partial charge in [-0.3, -0.25) is 0 Å². The number of carboxylic acids is 1. The van der Waals surface area contributed by atoms with E-state index in [1.54, 1.807) is 0 Å². The third-order valence-corrected chi connectivity index (χ3v) is 1.90. The minimum Gasteiger partial charge on any atom is -0.479 e. The lowest BCUT2D eigenvalue weighted by atomic mass is 9.92. The topological polar surface area (TPSA) is 98.7 Å². The predicted octanol–water partition coefficient (Wildman–Crippen LogP) is 0.167. The number of carbonyl (C=O) groups is 2. The number of nitrogens with one attached hydrogen (secondary N) is 2. The molecular weight excluding hydrogens is 212 g/mol. The van der Waals surface area contributed by atoms with Gasteiger partial charge < -0.3 is 20.8 Å². The zero-order chi connectivity index (χ0) is 12.8. The summed E-state index contributed by atoms with van der Waals surface area (Å²) in [4.78, 5) is 21.4. The van der Waals surface area contributed by atoms with Gasteiger partial charge in [-0.1, -0.05) is 20.8 Å². The largest absolute Gasteiger partial charge is 0.479 e. The summed E-state index contributed by atoms with van der Waals surface area (Å²) in [5.41, 5.74) is 0.133. The Labute approximate surface area is 95.0 Å². The van der Waals surface area contributed by atoms with Crippen molar-refractivity contribution in [3.8, 4) is 0 Å². The normalized spacial score (nSPS) is 13.0. The number of carboxylic acid groups (broad SMARTS) is 1. The molecule has 0 aliphatic heterocycles. The molecular formula is C10H20N2O4. The first-order chi connectivity index (χ1) is 7.22. The number of hydrogen-bond donors (Lipinski definition) is 4. The summed E-state index contributed by atoms with van der Waals surface area (Å²) in [5.74, 6) is -1.35. The third kappa shape index (κ3) is 8.05. The molecule has 0 aliphatic rings. The van der Waals surface area contributed by atoms with Gasteiger partial charge >= 0.3 is 12.0 Å². The van der Waals surface area contributed by atoms with Crippen LogP contribution in [0.1, 0.15) is 27.2 Å². The van der Waals surface area contributed by atoms with E-state index in [0.29, 0.717) is 6.54 Å². The number of aliphatic carboxylic acids is 1. The highest BCUT2D eigenvalue weighted by atomic mass is 16.4. The maximum Gasteiger partial charge on any atom is 0.334 e. The van der Waals surface area contributed by atoms with Crippen LogP contribution < -0.4 is 10.6 Å². The molecule has 0 saturated carbocycles. The maximum atomic E-state index is 11.1. The minimum atomic E-state index is -1.56. The number of amides is 2. The second-order valence-electron chi connectivity index (χ2n) is 4.80. The van der Waals surface area contributed by atoms with Gasteiger partial charge in [0.25, 0.3) is 0 Å². The average molecular weight is 232 g/mol. The van der Waals surface area contributed by atoms with Crippen molar-refractivity contribution >= 4 is 12.0 Å². The van der Waals surface area contributed by atoms with Gasteiger partial charge in [0.1, 0.15) is 0 Å². The second-order valence-corrected chi connectivity index (χ2v) is 4.80. The van der Waals surface area contributed by atoms with Crippen molar-refractivity contribution in [2.45, 2.75) is 33.3 Å². The standard InChI is InChI=1S/C10H20N2O4/c1-10(2,3)4-5-11-9(16)12-6-7(13)8(14)15/h7,13H,4-6H2,1-3H3,(H,14,15)(H2,11,12,16)/t7-/m0/s1. The summed E-state index contributed by atoms with van der Waals surface area (Å²) >= 11 is 0. The predicted molar refractivity (Wildman–Crippen MR) is 59.1 cm³/mol. The summed E-state index contributed by atoms with van der Waals surface area (Å²) < 4.78 is 0. The molecule has 0 spiro atoms. The van der Waals surface area contributed by atoms with Gasteiger partial charge in [0, 0.05) is 6.54 Å². The summed E-state index contributed by atoms with van der Waals surface area (Å²) in [6.45, 7) is 6.39. The molecule has 6 nitrogen and oxygen atoms in total. The second kappa shape index (κ2) is 6.32. The lowest BCUT2D eigenvalue weighted by Crippen LogP contribution is -2.42. The van der Waals surface area contributed by atoms with Crippen LogP contribution >= 0.6 is 0 Å². The van der Waals surface area contributed by atoms with E-state index >= 15 is 0 Å². The molecule has 2 amide bonds. The Bertz CT molecular complexity index is 248. The summed E-state index contributed by atoms with van der Waals surface area (Å²) in [7, 11) is 0. The van der Waals surface area contributed by atoms with E-state index in [1.807, 2.05) is 0 Å². The van der Waals surface area contributed by atoms with Crippen LogP contribution in [-0.4, -0.2) is 41.4 Å². The van der Waals surface area contributed by atoms with Gasteiger partial charge in [0.15, 0.2) is 6.10 Å². The van der Waals surface area contributed by atoms with E-state index in [0.717, 1.165) is 6.42 Å². The van der Waals surface area contributed by atoms with E-state index in [-0.39, 0.29) is 12.0 Å². The Kier molecular flexibility index (Phi) is 5.81. The first kappa shape index (κ1) is 14.7. The maximum absolute atomic E-state index is 11.1. The van der Waals surface area contributed by atoms with Crippen LogP contribution in [0.2, 0.25) is 0 Å². The van der Waals surface area contributed by atoms with Gasteiger partial charge in [-0.15, -0.1) is 0 Å². The first-order valence-corrected chi connectivity index (χ1v) is 5.15. The van der Waals surface area contributed by atoms with Gasteiger partial charge in [-0.25, -0.2) is 9.59 Å². The van der Waals surface area contributed by atoms with E-state index in [4.69, 9.17) is 10.2 Å². The van der Waals surface area contributed by atoms with E-state index < -0.39 is 18.1 Å². The number of carbonyl (C=O) groups excluding carboxylic acids is 1. The van der Waals surface area contributed by atoms with Crippen molar-refractivity contribution < 1.29 is 19.8 Å². The monoisotopic (exact) mass is 232 g/mol. The fraction of sp³-hybridized carbons (Fsp3) is 0.800. The molecule has 0 fully saturated rings. The van der Waals surface area contributed by atoms with E-state index in [9.17, 15) is 9.59 Å². The molecule has 0 aliphatic carbocycles. The fourth-order valence-corrected chi connectivity index (χ4v) is 0.890. The van der Waals surface area contributed by atoms with Crippen molar-refractivity contribution in [2.24, 2.45) is 5.41 Å². The highest BCUT2D eigenvalue weighted by Gasteiger charge is 2.14. The molecule has 0 rings (SSSR count). The molecule has 0 aromatic carbocycles. The van der Waals surface area contributed by atoms with Crippen LogP contribution in [0.5, 0.6) is 0 Å². The lowest BCUT2D eigenvalue weighted by Gasteiger charge is -2.18. The molecule has 0 radical (unpaired) electrons. The highest BCUT2D eigenvalue weighted by molar-refractivity contribution is 5.76. The summed E-state index contributed by atoms with van der Waals surface area (Å²) in [5, 5.41) is 22.1. The molecule has 0 aromatic heterocycles. The Morgan fingerprint density at radius 2 is 1.81 bits per heavy atom. The van der Waals surface area contributed by atoms with Crippen LogP contribution in [0.3, 0.4) is 0 Å².